The van der Waals surface area contributed by atoms with E-state index >= 15 is 0 Å². The van der Waals surface area contributed by atoms with Crippen molar-refractivity contribution in [2.24, 2.45) is 5.41 Å². The summed E-state index contributed by atoms with van der Waals surface area (Å²) in [4.78, 5) is 15.7. The van der Waals surface area contributed by atoms with Crippen molar-refractivity contribution < 1.29 is 9.90 Å². The summed E-state index contributed by atoms with van der Waals surface area (Å²) in [6.45, 7) is 8.11. The normalized spacial score (nSPS) is 12.3. The first-order chi connectivity index (χ1) is 9.69. The SMILES string of the molecule is CC(C)n1c(CC(C)(C)CC(=O)O)nc2cc(Cl)ccc21. The fourth-order valence-corrected chi connectivity index (χ4v) is 2.89. The molecule has 1 aromatic heterocycles. The largest absolute Gasteiger partial charge is 0.481 e. The van der Waals surface area contributed by atoms with Gasteiger partial charge in [0.2, 0.25) is 0 Å². The van der Waals surface area contributed by atoms with E-state index in [2.05, 4.69) is 23.4 Å². The Hall–Kier alpha value is -1.55. The second-order valence-corrected chi connectivity index (χ2v) is 6.97. The van der Waals surface area contributed by atoms with Gasteiger partial charge in [0.15, 0.2) is 0 Å². The zero-order valence-electron chi connectivity index (χ0n) is 12.9. The molecule has 0 radical (unpaired) electrons. The molecule has 0 aliphatic rings. The van der Waals surface area contributed by atoms with Crippen LogP contribution < -0.4 is 0 Å². The molecule has 0 unspecified atom stereocenters. The Morgan fingerprint density at radius 3 is 2.67 bits per heavy atom. The Balaban J connectivity index is 2.48. The van der Waals surface area contributed by atoms with E-state index in [0.717, 1.165) is 16.9 Å². The molecule has 1 heterocycles. The Morgan fingerprint density at radius 2 is 2.10 bits per heavy atom. The van der Waals surface area contributed by atoms with E-state index < -0.39 is 5.97 Å². The minimum Gasteiger partial charge on any atom is -0.481 e. The van der Waals surface area contributed by atoms with E-state index in [4.69, 9.17) is 16.7 Å². The smallest absolute Gasteiger partial charge is 0.303 e. The van der Waals surface area contributed by atoms with E-state index in [0.29, 0.717) is 11.4 Å². The first kappa shape index (κ1) is 15.8. The summed E-state index contributed by atoms with van der Waals surface area (Å²) in [6, 6.07) is 5.94. The number of hydrogen-bond acceptors (Lipinski definition) is 2. The fraction of sp³-hybridized carbons (Fsp3) is 0.500. The number of rotatable bonds is 5. The Bertz CT molecular complexity index is 674. The molecule has 21 heavy (non-hydrogen) atoms. The number of benzene rings is 1. The van der Waals surface area contributed by atoms with E-state index in [1.54, 1.807) is 0 Å². The molecule has 5 heteroatoms. The lowest BCUT2D eigenvalue weighted by molar-refractivity contribution is -0.139. The standard InChI is InChI=1S/C16H21ClN2O2/c1-10(2)19-13-6-5-11(17)7-12(13)18-14(19)8-16(3,4)9-15(20)21/h5-7,10H,8-9H2,1-4H3,(H,20,21). The molecule has 1 N–H and O–H groups in total. The average molecular weight is 309 g/mol. The maximum Gasteiger partial charge on any atom is 0.303 e. The van der Waals surface area contributed by atoms with Gasteiger partial charge in [-0.2, -0.15) is 0 Å². The van der Waals surface area contributed by atoms with Gasteiger partial charge in [-0.1, -0.05) is 25.4 Å². The van der Waals surface area contributed by atoms with Crippen LogP contribution >= 0.6 is 11.6 Å². The van der Waals surface area contributed by atoms with Crippen molar-refractivity contribution >= 4 is 28.6 Å². The van der Waals surface area contributed by atoms with Gasteiger partial charge < -0.3 is 9.67 Å². The summed E-state index contributed by atoms with van der Waals surface area (Å²) in [7, 11) is 0. The molecule has 4 nitrogen and oxygen atoms in total. The number of hydrogen-bond donors (Lipinski definition) is 1. The highest BCUT2D eigenvalue weighted by atomic mass is 35.5. The van der Waals surface area contributed by atoms with Crippen molar-refractivity contribution in [3.8, 4) is 0 Å². The maximum absolute atomic E-state index is 11.0. The number of aromatic nitrogens is 2. The van der Waals surface area contributed by atoms with Crippen molar-refractivity contribution in [2.75, 3.05) is 0 Å². The highest BCUT2D eigenvalue weighted by molar-refractivity contribution is 6.31. The van der Waals surface area contributed by atoms with Crippen LogP contribution in [0.4, 0.5) is 0 Å². The van der Waals surface area contributed by atoms with Crippen LogP contribution in [0.25, 0.3) is 11.0 Å². The van der Waals surface area contributed by atoms with E-state index in [1.807, 2.05) is 32.0 Å². The summed E-state index contributed by atoms with van der Waals surface area (Å²) in [5.41, 5.74) is 1.55. The molecule has 114 valence electrons. The number of aliphatic carboxylic acids is 1. The van der Waals surface area contributed by atoms with Crippen LogP contribution in [0.1, 0.15) is 46.0 Å². The van der Waals surface area contributed by atoms with E-state index in [-0.39, 0.29) is 17.9 Å². The molecular formula is C16H21ClN2O2. The molecule has 0 saturated carbocycles. The summed E-state index contributed by atoms with van der Waals surface area (Å²) < 4.78 is 2.16. The van der Waals surface area contributed by atoms with E-state index in [1.165, 1.54) is 0 Å². The molecule has 0 saturated heterocycles. The van der Waals surface area contributed by atoms with Crippen LogP contribution in [-0.4, -0.2) is 20.6 Å². The lowest BCUT2D eigenvalue weighted by Crippen LogP contribution is -2.22. The van der Waals surface area contributed by atoms with Crippen LogP contribution in [0.3, 0.4) is 0 Å². The first-order valence-corrected chi connectivity index (χ1v) is 7.45. The lowest BCUT2D eigenvalue weighted by atomic mass is 9.85. The molecule has 0 aliphatic carbocycles. The van der Waals surface area contributed by atoms with Crippen molar-refractivity contribution in [3.05, 3.63) is 29.0 Å². The molecule has 0 spiro atoms. The molecule has 0 fully saturated rings. The minimum absolute atomic E-state index is 0.120. The van der Waals surface area contributed by atoms with Gasteiger partial charge in [0.25, 0.3) is 0 Å². The van der Waals surface area contributed by atoms with Crippen LogP contribution in [0.2, 0.25) is 5.02 Å². The summed E-state index contributed by atoms with van der Waals surface area (Å²) in [5.74, 6) is 0.128. The highest BCUT2D eigenvalue weighted by Crippen LogP contribution is 2.30. The number of carbonyl (C=O) groups is 1. The van der Waals surface area contributed by atoms with Gasteiger partial charge in [-0.3, -0.25) is 4.79 Å². The third-order valence-electron chi connectivity index (χ3n) is 3.51. The lowest BCUT2D eigenvalue weighted by Gasteiger charge is -2.23. The third-order valence-corrected chi connectivity index (χ3v) is 3.74. The number of nitrogens with zero attached hydrogens (tertiary/aromatic N) is 2. The molecule has 0 aliphatic heterocycles. The second-order valence-electron chi connectivity index (χ2n) is 6.54. The van der Waals surface area contributed by atoms with Gasteiger partial charge in [-0.25, -0.2) is 4.98 Å². The molecule has 0 bridgehead atoms. The van der Waals surface area contributed by atoms with Crippen LogP contribution in [0.15, 0.2) is 18.2 Å². The van der Waals surface area contributed by atoms with Gasteiger partial charge in [-0.05, 0) is 37.5 Å². The number of carboxylic acids is 1. The Kier molecular flexibility index (Phi) is 4.28. The van der Waals surface area contributed by atoms with Crippen LogP contribution in [0.5, 0.6) is 0 Å². The van der Waals surface area contributed by atoms with Gasteiger partial charge in [0.1, 0.15) is 5.82 Å². The Labute approximate surface area is 129 Å². The van der Waals surface area contributed by atoms with Crippen LogP contribution in [-0.2, 0) is 11.2 Å². The molecule has 2 aromatic rings. The number of halogens is 1. The predicted octanol–water partition coefficient (Wildman–Crippen LogP) is 4.31. The van der Waals surface area contributed by atoms with Crippen molar-refractivity contribution in [1.82, 2.24) is 9.55 Å². The second kappa shape index (κ2) is 5.68. The zero-order chi connectivity index (χ0) is 15.8. The first-order valence-electron chi connectivity index (χ1n) is 7.08. The molecule has 1 aromatic carbocycles. The monoisotopic (exact) mass is 308 g/mol. The van der Waals surface area contributed by atoms with Gasteiger partial charge >= 0.3 is 5.97 Å². The number of carboxylic acid groups (broad SMARTS) is 1. The predicted molar refractivity (Wildman–Crippen MR) is 84.9 cm³/mol. The van der Waals surface area contributed by atoms with E-state index in [9.17, 15) is 4.79 Å². The minimum atomic E-state index is -0.782. The van der Waals surface area contributed by atoms with Crippen molar-refractivity contribution in [3.63, 3.8) is 0 Å². The number of imidazole rings is 1. The quantitative estimate of drug-likeness (QED) is 0.895. The molecule has 0 amide bonds. The highest BCUT2D eigenvalue weighted by Gasteiger charge is 2.26. The Morgan fingerprint density at radius 1 is 1.43 bits per heavy atom. The van der Waals surface area contributed by atoms with Gasteiger partial charge in [-0.15, -0.1) is 0 Å². The van der Waals surface area contributed by atoms with Crippen molar-refractivity contribution in [1.29, 1.82) is 0 Å². The number of fused-ring (bicyclic) bond motifs is 1. The molecular weight excluding hydrogens is 288 g/mol. The van der Waals surface area contributed by atoms with Gasteiger partial charge in [0, 0.05) is 17.5 Å². The maximum atomic E-state index is 11.0. The summed E-state index contributed by atoms with van der Waals surface area (Å²) in [5, 5.41) is 9.70. The molecule has 2 rings (SSSR count). The fourth-order valence-electron chi connectivity index (χ4n) is 2.72. The average Bonchev–Trinajstić information content (AvgIpc) is 2.62. The van der Waals surface area contributed by atoms with Crippen LogP contribution in [0, 0.1) is 5.41 Å². The topological polar surface area (TPSA) is 55.1 Å². The van der Waals surface area contributed by atoms with Crippen molar-refractivity contribution in [2.45, 2.75) is 46.6 Å². The third kappa shape index (κ3) is 3.56. The summed E-state index contributed by atoms with van der Waals surface area (Å²) >= 11 is 6.03. The van der Waals surface area contributed by atoms with Gasteiger partial charge in [0.05, 0.1) is 17.5 Å². The summed E-state index contributed by atoms with van der Waals surface area (Å²) in [6.07, 6.45) is 0.735. The molecule has 0 atom stereocenters. The zero-order valence-corrected chi connectivity index (χ0v) is 13.6.